The number of piperidine rings is 1. The number of hydrogen-bond donors (Lipinski definition) is 2. The summed E-state index contributed by atoms with van der Waals surface area (Å²) in [5.74, 6) is -0.537. The van der Waals surface area contributed by atoms with Gasteiger partial charge in [-0.3, -0.25) is 9.78 Å². The molecule has 11 heteroatoms. The van der Waals surface area contributed by atoms with Gasteiger partial charge in [0, 0.05) is 29.3 Å². The van der Waals surface area contributed by atoms with Crippen LogP contribution in [-0.2, 0) is 26.7 Å². The molecule has 4 aliphatic rings. The Morgan fingerprint density at radius 1 is 1.12 bits per heavy atom. The summed E-state index contributed by atoms with van der Waals surface area (Å²) < 4.78 is 49.4. The number of nitrogens with zero attached hydrogens (tertiary/aromatic N) is 2. The van der Waals surface area contributed by atoms with E-state index in [4.69, 9.17) is 16.3 Å². The Hall–Kier alpha value is -2.89. The van der Waals surface area contributed by atoms with E-state index in [9.17, 15) is 9.18 Å². The smallest absolute Gasteiger partial charge is 0.332 e. The van der Waals surface area contributed by atoms with Gasteiger partial charge >= 0.3 is 10.0 Å². The van der Waals surface area contributed by atoms with E-state index in [-0.39, 0.29) is 39.2 Å². The maximum atomic E-state index is 15.0. The summed E-state index contributed by atoms with van der Waals surface area (Å²) in [6, 6.07) is 13.6. The lowest BCUT2D eigenvalue weighted by Gasteiger charge is -2.51. The van der Waals surface area contributed by atoms with Gasteiger partial charge in [-0.05, 0) is 87.3 Å². The molecular formula is C31H33ClFN4O4S+. The van der Waals surface area contributed by atoms with E-state index in [1.165, 1.54) is 24.3 Å². The van der Waals surface area contributed by atoms with E-state index in [2.05, 4.69) is 15.6 Å². The second-order valence-corrected chi connectivity index (χ2v) is 14.3. The molecule has 3 fully saturated rings. The minimum absolute atomic E-state index is 0.104. The molecule has 3 aliphatic heterocycles. The van der Waals surface area contributed by atoms with Crippen LogP contribution in [0.4, 0.5) is 10.1 Å². The average Bonchev–Trinajstić information content (AvgIpc) is 3.77. The Balaban J connectivity index is 1.39. The minimum Gasteiger partial charge on any atom is -0.369 e. The monoisotopic (exact) mass is 611 g/mol. The van der Waals surface area contributed by atoms with Crippen molar-refractivity contribution in [3.8, 4) is 0 Å². The topological polar surface area (TPSA) is 97.4 Å². The largest absolute Gasteiger partial charge is 0.369 e. The van der Waals surface area contributed by atoms with Gasteiger partial charge in [0.2, 0.25) is 0 Å². The molecule has 1 aromatic heterocycles. The highest BCUT2D eigenvalue weighted by Gasteiger charge is 2.73. The fourth-order valence-corrected chi connectivity index (χ4v) is 10.2. The van der Waals surface area contributed by atoms with Gasteiger partial charge in [-0.25, -0.2) is 4.39 Å². The quantitative estimate of drug-likeness (QED) is 0.387. The number of quaternary nitrogens is 1. The fraction of sp³-hybridized carbons (Fsp3) is 0.419. The van der Waals surface area contributed by atoms with Gasteiger partial charge in [0.25, 0.3) is 5.91 Å². The number of rotatable bonds is 7. The summed E-state index contributed by atoms with van der Waals surface area (Å²) in [4.78, 5) is 17.8. The minimum atomic E-state index is -4.06. The first kappa shape index (κ1) is 27.9. The van der Waals surface area contributed by atoms with Gasteiger partial charge in [-0.1, -0.05) is 11.6 Å². The molecule has 0 radical (unpaired) electrons. The van der Waals surface area contributed by atoms with Crippen LogP contribution in [0.1, 0.15) is 47.3 Å². The standard InChI is InChI=1S/C31H32ClFN4O4S/c32-26-2-1-13-35-27(26)17-36-30(38)21-5-10-28-25(16-21)31(11-14-34-15-12-31)29(20-3-4-20)37(28,23-18-41-19-23)42(39,40)24-8-6-22(33)7-9-24/h1-2,5-10,13,16,20,23,29,34H,3-4,11-12,14-15,17-19H2/p+1. The van der Waals surface area contributed by atoms with E-state index >= 15 is 8.42 Å². The molecule has 2 aromatic carbocycles. The SMILES string of the molecule is O=C(NCc1ncccc1Cl)c1ccc2c(c1)C1(CCNCC1)C(C1CC1)[N+]2(C1COC1)S(=O)(=O)c1ccc(F)cc1. The molecule has 2 N–H and O–H groups in total. The van der Waals surface area contributed by atoms with Gasteiger partial charge in [0.05, 0.1) is 22.7 Å². The first-order valence-electron chi connectivity index (χ1n) is 14.5. The van der Waals surface area contributed by atoms with Crippen molar-refractivity contribution in [2.45, 2.75) is 54.6 Å². The van der Waals surface area contributed by atoms with E-state index in [1.54, 1.807) is 24.4 Å². The first-order chi connectivity index (χ1) is 20.3. The van der Waals surface area contributed by atoms with Crippen molar-refractivity contribution in [3.05, 3.63) is 88.5 Å². The highest BCUT2D eigenvalue weighted by molar-refractivity contribution is 7.91. The highest BCUT2D eigenvalue weighted by Crippen LogP contribution is 2.63. The number of sulfonamides is 1. The molecule has 3 aromatic rings. The predicted molar refractivity (Wildman–Crippen MR) is 157 cm³/mol. The van der Waals surface area contributed by atoms with Gasteiger partial charge in [0.15, 0.2) is 11.7 Å². The highest BCUT2D eigenvalue weighted by atomic mass is 35.5. The van der Waals surface area contributed by atoms with Crippen molar-refractivity contribution < 1.29 is 22.3 Å². The van der Waals surface area contributed by atoms with Crippen LogP contribution in [0.15, 0.2) is 65.7 Å². The number of amides is 1. The molecule has 4 heterocycles. The van der Waals surface area contributed by atoms with Crippen LogP contribution in [0.3, 0.4) is 0 Å². The summed E-state index contributed by atoms with van der Waals surface area (Å²) in [6.07, 6.45) is 5.08. The van der Waals surface area contributed by atoms with Crippen molar-refractivity contribution >= 4 is 33.2 Å². The number of carbonyl (C=O) groups is 1. The van der Waals surface area contributed by atoms with Crippen LogP contribution in [-0.4, -0.2) is 57.7 Å². The van der Waals surface area contributed by atoms with Crippen LogP contribution < -0.4 is 14.5 Å². The molecule has 2 atom stereocenters. The van der Waals surface area contributed by atoms with Gasteiger partial charge in [0.1, 0.15) is 30.0 Å². The lowest BCUT2D eigenvalue weighted by atomic mass is 9.68. The summed E-state index contributed by atoms with van der Waals surface area (Å²) >= 11 is 6.25. The van der Waals surface area contributed by atoms with Crippen molar-refractivity contribution in [2.24, 2.45) is 5.92 Å². The second kappa shape index (κ2) is 10.4. The second-order valence-electron chi connectivity index (χ2n) is 11.9. The third kappa shape index (κ3) is 4.14. The molecule has 1 spiro atoms. The van der Waals surface area contributed by atoms with Crippen LogP contribution in [0.25, 0.3) is 0 Å². The maximum Gasteiger partial charge on any atom is 0.332 e. The van der Waals surface area contributed by atoms with Gasteiger partial charge in [-0.2, -0.15) is 12.3 Å². The van der Waals surface area contributed by atoms with Crippen molar-refractivity contribution in [1.82, 2.24) is 19.5 Å². The summed E-state index contributed by atoms with van der Waals surface area (Å²) in [5, 5.41) is 6.88. The predicted octanol–water partition coefficient (Wildman–Crippen LogP) is 4.31. The number of pyridine rings is 1. The van der Waals surface area contributed by atoms with Crippen molar-refractivity contribution in [2.75, 3.05) is 26.3 Å². The van der Waals surface area contributed by atoms with Crippen molar-refractivity contribution in [1.29, 1.82) is 0 Å². The number of aromatic nitrogens is 1. The lowest BCUT2D eigenvalue weighted by molar-refractivity contribution is -0.0516. The Kier molecular flexibility index (Phi) is 6.90. The van der Waals surface area contributed by atoms with Crippen LogP contribution >= 0.6 is 11.6 Å². The number of fused-ring (bicyclic) bond motifs is 2. The zero-order valence-electron chi connectivity index (χ0n) is 23.1. The molecule has 1 amide bonds. The van der Waals surface area contributed by atoms with Gasteiger partial charge < -0.3 is 15.4 Å². The summed E-state index contributed by atoms with van der Waals surface area (Å²) in [5.41, 5.74) is 2.25. The number of halogens is 2. The summed E-state index contributed by atoms with van der Waals surface area (Å²) in [7, 11) is -4.06. The molecule has 0 bridgehead atoms. The molecule has 2 saturated heterocycles. The molecule has 2 unspecified atom stereocenters. The van der Waals surface area contributed by atoms with Crippen LogP contribution in [0.5, 0.6) is 0 Å². The van der Waals surface area contributed by atoms with E-state index in [1.807, 2.05) is 12.1 Å². The molecule has 1 saturated carbocycles. The third-order valence-electron chi connectivity index (χ3n) is 9.64. The Morgan fingerprint density at radius 2 is 1.86 bits per heavy atom. The normalized spacial score (nSPS) is 25.1. The van der Waals surface area contributed by atoms with E-state index < -0.39 is 21.3 Å². The molecule has 42 heavy (non-hydrogen) atoms. The molecular weight excluding hydrogens is 579 g/mol. The zero-order valence-corrected chi connectivity index (χ0v) is 24.6. The number of nitrogens with one attached hydrogen (secondary N) is 2. The van der Waals surface area contributed by atoms with Crippen molar-refractivity contribution in [3.63, 3.8) is 0 Å². The Labute approximate surface area is 249 Å². The average molecular weight is 612 g/mol. The number of carbonyl (C=O) groups excluding carboxylic acids is 1. The maximum absolute atomic E-state index is 15.0. The van der Waals surface area contributed by atoms with Crippen LogP contribution in [0.2, 0.25) is 5.02 Å². The molecule has 220 valence electrons. The first-order valence-corrected chi connectivity index (χ1v) is 16.3. The molecule has 7 rings (SSSR count). The number of benzene rings is 2. The molecule has 8 nitrogen and oxygen atoms in total. The third-order valence-corrected chi connectivity index (χ3v) is 12.4. The van der Waals surface area contributed by atoms with Gasteiger partial charge in [-0.15, -0.1) is 0 Å². The Morgan fingerprint density at radius 3 is 2.50 bits per heavy atom. The fourth-order valence-electron chi connectivity index (χ4n) is 7.61. The van der Waals surface area contributed by atoms with E-state index in [0.717, 1.165) is 50.0 Å². The Bertz CT molecular complexity index is 1640. The zero-order chi connectivity index (χ0) is 29.1. The lowest BCUT2D eigenvalue weighted by Crippen LogP contribution is -2.73. The van der Waals surface area contributed by atoms with Crippen LogP contribution in [0, 0.1) is 11.7 Å². The number of hydrogen-bond acceptors (Lipinski definition) is 6. The number of ether oxygens (including phenoxy) is 1. The summed E-state index contributed by atoms with van der Waals surface area (Å²) in [6.45, 7) is 2.34. The molecule has 1 aliphatic carbocycles. The van der Waals surface area contributed by atoms with E-state index in [0.29, 0.717) is 29.5 Å².